The van der Waals surface area contributed by atoms with E-state index in [2.05, 4.69) is 39.4 Å². The van der Waals surface area contributed by atoms with Gasteiger partial charge in [-0.1, -0.05) is 13.8 Å². The molecule has 0 unspecified atom stereocenters. The highest BCUT2D eigenvalue weighted by Gasteiger charge is 2.42. The predicted octanol–water partition coefficient (Wildman–Crippen LogP) is 1.89. The lowest BCUT2D eigenvalue weighted by Crippen LogP contribution is -2.36. The van der Waals surface area contributed by atoms with Gasteiger partial charge in [-0.3, -0.25) is 14.0 Å². The summed E-state index contributed by atoms with van der Waals surface area (Å²) >= 11 is 0. The maximum absolute atomic E-state index is 12.8. The number of piperidine rings is 1. The molecule has 3 aromatic rings. The largest absolute Gasteiger partial charge is 0.370 e. The van der Waals surface area contributed by atoms with Crippen molar-refractivity contribution in [3.05, 3.63) is 46.8 Å². The molecule has 1 aliphatic carbocycles. The topological polar surface area (TPSA) is 97.4 Å². The molecular weight excluding hydrogens is 382 g/mol. The fourth-order valence-corrected chi connectivity index (χ4v) is 4.31. The molecule has 30 heavy (non-hydrogen) atoms. The second kappa shape index (κ2) is 7.23. The average molecular weight is 407 g/mol. The normalized spacial score (nSPS) is 20.4. The van der Waals surface area contributed by atoms with E-state index in [1.54, 1.807) is 35.1 Å². The Labute approximate surface area is 173 Å². The number of rotatable bonds is 5. The first-order valence-electron chi connectivity index (χ1n) is 10.4. The van der Waals surface area contributed by atoms with Gasteiger partial charge >= 0.3 is 0 Å². The molecule has 0 spiro atoms. The van der Waals surface area contributed by atoms with E-state index >= 15 is 0 Å². The first-order valence-corrected chi connectivity index (χ1v) is 10.4. The van der Waals surface area contributed by atoms with Gasteiger partial charge in [-0.25, -0.2) is 4.68 Å². The maximum Gasteiger partial charge on any atom is 0.269 e. The third kappa shape index (κ3) is 3.55. The maximum atomic E-state index is 12.8. The van der Waals surface area contributed by atoms with Crippen molar-refractivity contribution < 1.29 is 4.79 Å². The van der Waals surface area contributed by atoms with E-state index in [0.29, 0.717) is 11.3 Å². The van der Waals surface area contributed by atoms with Crippen molar-refractivity contribution in [2.75, 3.05) is 23.3 Å². The van der Waals surface area contributed by atoms with Crippen LogP contribution in [0.2, 0.25) is 0 Å². The Morgan fingerprint density at radius 3 is 2.97 bits per heavy atom. The Kier molecular flexibility index (Phi) is 4.52. The standard InChI is InChI=1S/C21H25N7O2/c1-13(2)21-17(26-6-5-14-7-15(14)9-26)8-20(30)28(25-21)11-19(29)23-16-3-4-18-24-22-12-27(18)10-16/h3-4,8,10,12-15H,5-7,9,11H2,1-2H3,(H,23,29)/t14-,15-/m1/s1. The van der Waals surface area contributed by atoms with Crippen LogP contribution in [0, 0.1) is 11.8 Å². The lowest BCUT2D eigenvalue weighted by Gasteiger charge is -2.30. The van der Waals surface area contributed by atoms with Crippen LogP contribution < -0.4 is 15.8 Å². The number of carbonyl (C=O) groups excluding carboxylic acids is 1. The minimum absolute atomic E-state index is 0.135. The van der Waals surface area contributed by atoms with Crippen molar-refractivity contribution in [3.8, 4) is 0 Å². The van der Waals surface area contributed by atoms with Crippen LogP contribution in [-0.2, 0) is 11.3 Å². The number of nitrogens with one attached hydrogen (secondary N) is 1. The van der Waals surface area contributed by atoms with Gasteiger partial charge < -0.3 is 10.2 Å². The zero-order valence-electron chi connectivity index (χ0n) is 17.2. The molecule has 2 fully saturated rings. The molecular formula is C21H25N7O2. The minimum Gasteiger partial charge on any atom is -0.370 e. The number of nitrogens with zero attached hydrogens (tertiary/aromatic N) is 6. The second-order valence-corrected chi connectivity index (χ2v) is 8.62. The summed E-state index contributed by atoms with van der Waals surface area (Å²) in [6, 6.07) is 5.17. The summed E-state index contributed by atoms with van der Waals surface area (Å²) < 4.78 is 2.98. The Hall–Kier alpha value is -3.23. The summed E-state index contributed by atoms with van der Waals surface area (Å²) in [4.78, 5) is 27.6. The molecule has 3 aromatic heterocycles. The predicted molar refractivity (Wildman–Crippen MR) is 113 cm³/mol. The second-order valence-electron chi connectivity index (χ2n) is 8.62. The van der Waals surface area contributed by atoms with E-state index in [-0.39, 0.29) is 23.9 Å². The van der Waals surface area contributed by atoms with Crippen LogP contribution in [0.5, 0.6) is 0 Å². The number of aromatic nitrogens is 5. The van der Waals surface area contributed by atoms with Crippen LogP contribution >= 0.6 is 0 Å². The fourth-order valence-electron chi connectivity index (χ4n) is 4.31. The number of carbonyl (C=O) groups is 1. The van der Waals surface area contributed by atoms with E-state index in [1.807, 2.05) is 0 Å². The van der Waals surface area contributed by atoms with E-state index in [0.717, 1.165) is 36.3 Å². The number of pyridine rings is 1. The molecule has 1 N–H and O–H groups in total. The first kappa shape index (κ1) is 18.8. The van der Waals surface area contributed by atoms with Gasteiger partial charge in [0.15, 0.2) is 5.65 Å². The Balaban J connectivity index is 1.36. The molecule has 4 heterocycles. The van der Waals surface area contributed by atoms with Gasteiger partial charge in [0.05, 0.1) is 17.1 Å². The molecule has 0 bridgehead atoms. The molecule has 0 radical (unpaired) electrons. The Morgan fingerprint density at radius 2 is 2.17 bits per heavy atom. The number of hydrogen-bond donors (Lipinski definition) is 1. The third-order valence-electron chi connectivity index (χ3n) is 6.05. The van der Waals surface area contributed by atoms with Crippen molar-refractivity contribution in [2.24, 2.45) is 11.8 Å². The van der Waals surface area contributed by atoms with Crippen LogP contribution in [-0.4, -0.2) is 43.4 Å². The average Bonchev–Trinajstić information content (AvgIpc) is 3.35. The van der Waals surface area contributed by atoms with Gasteiger partial charge in [0.2, 0.25) is 5.91 Å². The molecule has 0 aromatic carbocycles. The molecule has 1 saturated heterocycles. The number of fused-ring (bicyclic) bond motifs is 2. The Bertz CT molecular complexity index is 1170. The fraction of sp³-hybridized carbons (Fsp3) is 0.476. The SMILES string of the molecule is CC(C)c1nn(CC(=O)Nc2ccc3nncn3c2)c(=O)cc1N1CC[C@@H]2C[C@@H]2C1. The van der Waals surface area contributed by atoms with Crippen LogP contribution in [0.25, 0.3) is 5.65 Å². The summed E-state index contributed by atoms with van der Waals surface area (Å²) in [6.45, 7) is 5.97. The van der Waals surface area contributed by atoms with E-state index in [9.17, 15) is 9.59 Å². The quantitative estimate of drug-likeness (QED) is 0.694. The monoisotopic (exact) mass is 407 g/mol. The van der Waals surface area contributed by atoms with E-state index in [4.69, 9.17) is 0 Å². The highest BCUT2D eigenvalue weighted by molar-refractivity contribution is 5.90. The van der Waals surface area contributed by atoms with Crippen molar-refractivity contribution in [1.82, 2.24) is 24.4 Å². The van der Waals surface area contributed by atoms with Crippen molar-refractivity contribution in [1.29, 1.82) is 0 Å². The molecule has 1 saturated carbocycles. The van der Waals surface area contributed by atoms with Gasteiger partial charge in [-0.2, -0.15) is 5.10 Å². The van der Waals surface area contributed by atoms with Crippen LogP contribution in [0.4, 0.5) is 11.4 Å². The van der Waals surface area contributed by atoms with Crippen molar-refractivity contribution >= 4 is 22.9 Å². The Morgan fingerprint density at radius 1 is 1.30 bits per heavy atom. The van der Waals surface area contributed by atoms with Gasteiger partial charge in [0, 0.05) is 25.4 Å². The molecule has 9 heteroatoms. The summed E-state index contributed by atoms with van der Waals surface area (Å²) in [5, 5.41) is 15.2. The van der Waals surface area contributed by atoms with Crippen LogP contribution in [0.1, 0.15) is 38.3 Å². The summed E-state index contributed by atoms with van der Waals surface area (Å²) in [5.41, 5.74) is 2.84. The minimum atomic E-state index is -0.307. The first-order chi connectivity index (χ1) is 14.5. The van der Waals surface area contributed by atoms with Crippen LogP contribution in [0.15, 0.2) is 35.5 Å². The molecule has 2 aliphatic rings. The number of amides is 1. The number of anilines is 2. The van der Waals surface area contributed by atoms with Gasteiger partial charge in [-0.15, -0.1) is 10.2 Å². The highest BCUT2D eigenvalue weighted by atomic mass is 16.2. The van der Waals surface area contributed by atoms with Crippen LogP contribution in [0.3, 0.4) is 0 Å². The van der Waals surface area contributed by atoms with E-state index in [1.165, 1.54) is 17.5 Å². The summed E-state index contributed by atoms with van der Waals surface area (Å²) in [7, 11) is 0. The zero-order valence-corrected chi connectivity index (χ0v) is 17.2. The molecule has 156 valence electrons. The van der Waals surface area contributed by atoms with Gasteiger partial charge in [-0.05, 0) is 42.7 Å². The molecule has 5 rings (SSSR count). The molecule has 2 atom stereocenters. The highest BCUT2D eigenvalue weighted by Crippen LogP contribution is 2.46. The lowest BCUT2D eigenvalue weighted by atomic mass is 10.1. The third-order valence-corrected chi connectivity index (χ3v) is 6.05. The molecule has 1 aliphatic heterocycles. The van der Waals surface area contributed by atoms with Gasteiger partial charge in [0.25, 0.3) is 5.56 Å². The summed E-state index contributed by atoms with van der Waals surface area (Å²) in [6.07, 6.45) is 5.78. The smallest absolute Gasteiger partial charge is 0.269 e. The zero-order chi connectivity index (χ0) is 20.8. The number of hydrogen-bond acceptors (Lipinski definition) is 6. The lowest BCUT2D eigenvalue weighted by molar-refractivity contribution is -0.117. The molecule has 1 amide bonds. The van der Waals surface area contributed by atoms with E-state index < -0.39 is 0 Å². The van der Waals surface area contributed by atoms with Crippen molar-refractivity contribution in [3.63, 3.8) is 0 Å². The summed E-state index contributed by atoms with van der Waals surface area (Å²) in [5.74, 6) is 1.48. The molecule has 9 nitrogen and oxygen atoms in total. The van der Waals surface area contributed by atoms with Crippen molar-refractivity contribution in [2.45, 2.75) is 39.2 Å². The van der Waals surface area contributed by atoms with Gasteiger partial charge in [0.1, 0.15) is 12.9 Å².